The standard InChI is InChI=1S/C7H15N.2C2H6/c1-5-7(4)8-6(2)3;2*1-2/h6,8H,4-5H2,1-3H3;2*1-2H3. The maximum Gasteiger partial charge on any atom is 0.0201 e. The fourth-order valence-corrected chi connectivity index (χ4v) is 0.510. The summed E-state index contributed by atoms with van der Waals surface area (Å²) in [6.07, 6.45) is 1.03. The molecule has 0 radical (unpaired) electrons. The number of hydrogen-bond acceptors (Lipinski definition) is 1. The minimum absolute atomic E-state index is 0.530. The maximum absolute atomic E-state index is 3.80. The molecule has 1 heteroatoms. The Labute approximate surface area is 79.3 Å². The highest BCUT2D eigenvalue weighted by atomic mass is 14.9. The van der Waals surface area contributed by atoms with Crippen LogP contribution in [-0.4, -0.2) is 6.04 Å². The second kappa shape index (κ2) is 16.9. The molecule has 12 heavy (non-hydrogen) atoms. The molecule has 1 N–H and O–H groups in total. The molecule has 0 rings (SSSR count). The van der Waals surface area contributed by atoms with Crippen LogP contribution in [0.3, 0.4) is 0 Å². The molecular formula is C11H27N. The maximum atomic E-state index is 3.80. The molecule has 1 nitrogen and oxygen atoms in total. The molecular weight excluding hydrogens is 146 g/mol. The van der Waals surface area contributed by atoms with Gasteiger partial charge in [-0.15, -0.1) is 0 Å². The lowest BCUT2D eigenvalue weighted by Crippen LogP contribution is -2.20. The van der Waals surface area contributed by atoms with Gasteiger partial charge in [0.15, 0.2) is 0 Å². The van der Waals surface area contributed by atoms with Crippen molar-refractivity contribution in [1.82, 2.24) is 5.32 Å². The Balaban J connectivity index is -0.000000175. The summed E-state index contributed by atoms with van der Waals surface area (Å²) in [5.74, 6) is 0. The molecule has 0 aromatic heterocycles. The minimum atomic E-state index is 0.530. The molecule has 76 valence electrons. The van der Waals surface area contributed by atoms with Crippen molar-refractivity contribution in [2.24, 2.45) is 0 Å². The molecule has 0 aromatic rings. The molecule has 0 fully saturated rings. The van der Waals surface area contributed by atoms with Crippen LogP contribution >= 0.6 is 0 Å². The van der Waals surface area contributed by atoms with E-state index in [9.17, 15) is 0 Å². The Hall–Kier alpha value is -0.460. The summed E-state index contributed by atoms with van der Waals surface area (Å²) in [6.45, 7) is 18.1. The Morgan fingerprint density at radius 1 is 1.17 bits per heavy atom. The van der Waals surface area contributed by atoms with Crippen molar-refractivity contribution >= 4 is 0 Å². The van der Waals surface area contributed by atoms with Crippen molar-refractivity contribution in [2.45, 2.75) is 60.9 Å². The first kappa shape index (κ1) is 17.6. The molecule has 0 aromatic carbocycles. The lowest BCUT2D eigenvalue weighted by molar-refractivity contribution is 0.653. The molecule has 0 saturated carbocycles. The lowest BCUT2D eigenvalue weighted by atomic mass is 10.3. The normalized spacial score (nSPS) is 7.33. The second-order valence-corrected chi connectivity index (χ2v) is 2.26. The summed E-state index contributed by atoms with van der Waals surface area (Å²) in [5.41, 5.74) is 1.12. The van der Waals surface area contributed by atoms with Crippen molar-refractivity contribution in [3.8, 4) is 0 Å². The Morgan fingerprint density at radius 3 is 1.58 bits per heavy atom. The molecule has 0 unspecified atom stereocenters. The predicted molar refractivity (Wildman–Crippen MR) is 60.4 cm³/mol. The van der Waals surface area contributed by atoms with Gasteiger partial charge in [-0.2, -0.15) is 0 Å². The van der Waals surface area contributed by atoms with Gasteiger partial charge in [0.2, 0.25) is 0 Å². The first-order valence-electron chi connectivity index (χ1n) is 5.11. The average molecular weight is 173 g/mol. The van der Waals surface area contributed by atoms with Gasteiger partial charge in [-0.05, 0) is 20.3 Å². The third-order valence-corrected chi connectivity index (χ3v) is 0.920. The first-order valence-corrected chi connectivity index (χ1v) is 5.11. The number of rotatable bonds is 3. The van der Waals surface area contributed by atoms with Gasteiger partial charge in [0.05, 0.1) is 0 Å². The van der Waals surface area contributed by atoms with Crippen molar-refractivity contribution in [3.63, 3.8) is 0 Å². The highest BCUT2D eigenvalue weighted by molar-refractivity contribution is 4.90. The largest absolute Gasteiger partial charge is 0.387 e. The fourth-order valence-electron chi connectivity index (χ4n) is 0.510. The van der Waals surface area contributed by atoms with Crippen LogP contribution in [0.5, 0.6) is 0 Å². The van der Waals surface area contributed by atoms with Gasteiger partial charge in [0.25, 0.3) is 0 Å². The number of allylic oxidation sites excluding steroid dienone is 1. The quantitative estimate of drug-likeness (QED) is 0.681. The Bertz CT molecular complexity index is 75.1. The van der Waals surface area contributed by atoms with Gasteiger partial charge < -0.3 is 5.32 Å². The van der Waals surface area contributed by atoms with Crippen molar-refractivity contribution in [1.29, 1.82) is 0 Å². The first-order chi connectivity index (χ1) is 5.66. The number of nitrogens with one attached hydrogen (secondary N) is 1. The van der Waals surface area contributed by atoms with E-state index in [2.05, 4.69) is 32.7 Å². The SMILES string of the molecule is C=C(CC)NC(C)C.CC.CC. The molecule has 0 aliphatic rings. The molecule has 0 aliphatic heterocycles. The van der Waals surface area contributed by atoms with Crippen LogP contribution in [0.1, 0.15) is 54.9 Å². The Morgan fingerprint density at radius 2 is 1.50 bits per heavy atom. The van der Waals surface area contributed by atoms with E-state index >= 15 is 0 Å². The summed E-state index contributed by atoms with van der Waals surface area (Å²) in [6, 6.07) is 0.530. The minimum Gasteiger partial charge on any atom is -0.387 e. The summed E-state index contributed by atoms with van der Waals surface area (Å²) < 4.78 is 0. The summed E-state index contributed by atoms with van der Waals surface area (Å²) in [7, 11) is 0. The van der Waals surface area contributed by atoms with Crippen LogP contribution in [-0.2, 0) is 0 Å². The van der Waals surface area contributed by atoms with Gasteiger partial charge in [0, 0.05) is 11.7 Å². The molecule has 0 atom stereocenters. The summed E-state index contributed by atoms with van der Waals surface area (Å²) in [5, 5.41) is 3.20. The van der Waals surface area contributed by atoms with Crippen molar-refractivity contribution in [2.75, 3.05) is 0 Å². The lowest BCUT2D eigenvalue weighted by Gasteiger charge is -2.09. The van der Waals surface area contributed by atoms with Crippen LogP contribution in [0.25, 0.3) is 0 Å². The van der Waals surface area contributed by atoms with E-state index in [0.29, 0.717) is 6.04 Å². The van der Waals surface area contributed by atoms with E-state index in [4.69, 9.17) is 0 Å². The summed E-state index contributed by atoms with van der Waals surface area (Å²) >= 11 is 0. The van der Waals surface area contributed by atoms with Crippen LogP contribution < -0.4 is 5.32 Å². The highest BCUT2D eigenvalue weighted by Gasteiger charge is 1.90. The third-order valence-electron chi connectivity index (χ3n) is 0.920. The molecule has 0 spiro atoms. The van der Waals surface area contributed by atoms with E-state index in [0.717, 1.165) is 12.1 Å². The van der Waals surface area contributed by atoms with E-state index in [1.165, 1.54) is 0 Å². The predicted octanol–water partition coefficient (Wildman–Crippen LogP) is 3.96. The zero-order chi connectivity index (χ0) is 10.6. The van der Waals surface area contributed by atoms with E-state index in [-0.39, 0.29) is 0 Å². The van der Waals surface area contributed by atoms with Gasteiger partial charge >= 0.3 is 0 Å². The Kier molecular flexibility index (Phi) is 24.7. The molecule has 0 amide bonds. The molecule has 0 heterocycles. The average Bonchev–Trinajstić information content (AvgIpc) is 2.10. The third kappa shape index (κ3) is 22.7. The van der Waals surface area contributed by atoms with Crippen LogP contribution in [0.15, 0.2) is 12.3 Å². The highest BCUT2D eigenvalue weighted by Crippen LogP contribution is 1.91. The number of hydrogen-bond donors (Lipinski definition) is 1. The monoisotopic (exact) mass is 173 g/mol. The molecule has 0 aliphatic carbocycles. The molecule has 0 bridgehead atoms. The van der Waals surface area contributed by atoms with Crippen LogP contribution in [0.2, 0.25) is 0 Å². The smallest absolute Gasteiger partial charge is 0.0201 e. The summed E-state index contributed by atoms with van der Waals surface area (Å²) in [4.78, 5) is 0. The van der Waals surface area contributed by atoms with Gasteiger partial charge in [0.1, 0.15) is 0 Å². The van der Waals surface area contributed by atoms with E-state index in [1.54, 1.807) is 0 Å². The molecule has 0 saturated heterocycles. The fraction of sp³-hybridized carbons (Fsp3) is 0.818. The zero-order valence-corrected chi connectivity index (χ0v) is 9.99. The van der Waals surface area contributed by atoms with Crippen molar-refractivity contribution < 1.29 is 0 Å². The van der Waals surface area contributed by atoms with Crippen LogP contribution in [0, 0.1) is 0 Å². The van der Waals surface area contributed by atoms with E-state index in [1.807, 2.05) is 27.7 Å². The zero-order valence-electron chi connectivity index (χ0n) is 9.99. The van der Waals surface area contributed by atoms with Gasteiger partial charge in [-0.3, -0.25) is 0 Å². The van der Waals surface area contributed by atoms with Gasteiger partial charge in [-0.1, -0.05) is 41.2 Å². The second-order valence-electron chi connectivity index (χ2n) is 2.26. The van der Waals surface area contributed by atoms with Crippen LogP contribution in [0.4, 0.5) is 0 Å². The van der Waals surface area contributed by atoms with E-state index < -0.39 is 0 Å². The van der Waals surface area contributed by atoms with Crippen molar-refractivity contribution in [3.05, 3.63) is 12.3 Å². The topological polar surface area (TPSA) is 12.0 Å². The van der Waals surface area contributed by atoms with Gasteiger partial charge in [-0.25, -0.2) is 0 Å².